The molecule has 0 amide bonds. The molecule has 0 spiro atoms. The third kappa shape index (κ3) is 5.33. The molecule has 0 aromatic heterocycles. The molecular weight excluding hydrogens is 231 g/mol. The quantitative estimate of drug-likeness (QED) is 0.479. The van der Waals surface area contributed by atoms with Gasteiger partial charge in [-0.25, -0.2) is 9.79 Å². The number of hydrogen-bond donors (Lipinski definition) is 2. The van der Waals surface area contributed by atoms with Crippen LogP contribution in [-0.2, 0) is 0 Å². The highest BCUT2D eigenvalue weighted by molar-refractivity contribution is 7.77. The smallest absolute Gasteiger partial charge is 0.202 e. The summed E-state index contributed by atoms with van der Waals surface area (Å²) in [5, 5.41) is 0.529. The molecule has 1 aromatic rings. The Kier molecular flexibility index (Phi) is 6.22. The third-order valence-corrected chi connectivity index (χ3v) is 3.99. The second kappa shape index (κ2) is 7.45. The van der Waals surface area contributed by atoms with E-state index in [0.29, 0.717) is 5.30 Å². The Morgan fingerprint density at radius 1 is 1.06 bits per heavy atom. The van der Waals surface area contributed by atoms with Crippen molar-refractivity contribution >= 4 is 13.0 Å². The van der Waals surface area contributed by atoms with Crippen molar-refractivity contribution in [3.05, 3.63) is 30.3 Å². The number of benzene rings is 1. The molecule has 0 aliphatic rings. The van der Waals surface area contributed by atoms with E-state index in [1.165, 1.54) is 19.3 Å². The van der Waals surface area contributed by atoms with Gasteiger partial charge in [0.25, 0.3) is 0 Å². The molecule has 0 atom stereocenters. The van der Waals surface area contributed by atoms with Gasteiger partial charge in [-0.05, 0) is 18.6 Å². The van der Waals surface area contributed by atoms with E-state index in [4.69, 9.17) is 0 Å². The zero-order chi connectivity index (χ0) is 12.6. The van der Waals surface area contributed by atoms with Gasteiger partial charge in [-0.15, -0.1) is 0 Å². The van der Waals surface area contributed by atoms with Gasteiger partial charge in [-0.3, -0.25) is 0 Å². The van der Waals surface area contributed by atoms with E-state index in [-0.39, 0.29) is 0 Å². The van der Waals surface area contributed by atoms with E-state index in [0.717, 1.165) is 12.8 Å². The van der Waals surface area contributed by atoms with Crippen LogP contribution in [0.25, 0.3) is 0 Å². The van der Waals surface area contributed by atoms with E-state index in [2.05, 4.69) is 18.5 Å². The number of rotatable bonds is 5. The summed E-state index contributed by atoms with van der Waals surface area (Å²) < 4.78 is 0. The highest BCUT2D eigenvalue weighted by Gasteiger charge is 2.34. The minimum atomic E-state index is -3.21. The second-order valence-electron chi connectivity index (χ2n) is 4.04. The molecule has 0 saturated heterocycles. The van der Waals surface area contributed by atoms with Gasteiger partial charge >= 0.3 is 7.72 Å². The standard InChI is InChI=1S/C14H20O2P/c1-2-3-4-5-6-10-13-17(15,16)14-11-8-7-9-12-14/h7-9,11-12,15-16H,2-6H2,1H3/q+1. The van der Waals surface area contributed by atoms with Crippen molar-refractivity contribution in [3.63, 3.8) is 0 Å². The van der Waals surface area contributed by atoms with Crippen molar-refractivity contribution in [2.75, 3.05) is 0 Å². The van der Waals surface area contributed by atoms with Crippen molar-refractivity contribution in [2.24, 2.45) is 0 Å². The van der Waals surface area contributed by atoms with Crippen LogP contribution in [0, 0.1) is 11.6 Å². The molecule has 1 rings (SSSR count). The van der Waals surface area contributed by atoms with Gasteiger partial charge in [-0.2, -0.15) is 0 Å². The number of unbranched alkanes of at least 4 members (excludes halogenated alkanes) is 4. The molecule has 92 valence electrons. The molecule has 0 radical (unpaired) electrons. The highest BCUT2D eigenvalue weighted by Crippen LogP contribution is 2.46. The predicted molar refractivity (Wildman–Crippen MR) is 74.0 cm³/mol. The minimum absolute atomic E-state index is 0.529. The summed E-state index contributed by atoms with van der Waals surface area (Å²) in [6, 6.07) is 8.85. The largest absolute Gasteiger partial charge is 0.378 e. The zero-order valence-electron chi connectivity index (χ0n) is 10.3. The fourth-order valence-corrected chi connectivity index (χ4v) is 2.56. The Labute approximate surface area is 104 Å². The van der Waals surface area contributed by atoms with Gasteiger partial charge in [0.1, 0.15) is 5.66 Å². The summed E-state index contributed by atoms with van der Waals surface area (Å²) in [5.74, 6) is 2.88. The maximum absolute atomic E-state index is 9.88. The Hall–Kier alpha value is -0.870. The molecule has 1 aromatic carbocycles. The normalized spacial score (nSPS) is 10.8. The van der Waals surface area contributed by atoms with Gasteiger partial charge < -0.3 is 0 Å². The molecule has 0 bridgehead atoms. The molecule has 2 N–H and O–H groups in total. The Morgan fingerprint density at radius 3 is 2.41 bits per heavy atom. The topological polar surface area (TPSA) is 40.5 Å². The summed E-state index contributed by atoms with van der Waals surface area (Å²) >= 11 is 0. The van der Waals surface area contributed by atoms with Crippen LogP contribution < -0.4 is 5.30 Å². The summed E-state index contributed by atoms with van der Waals surface area (Å²) in [7, 11) is -3.21. The van der Waals surface area contributed by atoms with Gasteiger partial charge in [0.05, 0.1) is 0 Å². The van der Waals surface area contributed by atoms with Gasteiger partial charge in [0.15, 0.2) is 5.30 Å². The van der Waals surface area contributed by atoms with Crippen molar-refractivity contribution < 1.29 is 9.79 Å². The van der Waals surface area contributed by atoms with Crippen molar-refractivity contribution in [3.8, 4) is 11.6 Å². The molecular formula is C14H20O2P+. The van der Waals surface area contributed by atoms with Crippen LogP contribution in [0.1, 0.15) is 39.0 Å². The average Bonchev–Trinajstić information content (AvgIpc) is 2.35. The fourth-order valence-electron chi connectivity index (χ4n) is 1.51. The zero-order valence-corrected chi connectivity index (χ0v) is 11.2. The molecule has 0 unspecified atom stereocenters. The summed E-state index contributed by atoms with van der Waals surface area (Å²) in [5.41, 5.74) is 2.62. The fraction of sp³-hybridized carbons (Fsp3) is 0.429. The van der Waals surface area contributed by atoms with Crippen molar-refractivity contribution in [1.82, 2.24) is 0 Å². The summed E-state index contributed by atoms with van der Waals surface area (Å²) in [6.45, 7) is 2.17. The minimum Gasteiger partial charge on any atom is -0.202 e. The lowest BCUT2D eigenvalue weighted by atomic mass is 10.2. The average molecular weight is 251 g/mol. The first-order chi connectivity index (χ1) is 8.17. The van der Waals surface area contributed by atoms with Gasteiger partial charge in [0, 0.05) is 6.42 Å². The predicted octanol–water partition coefficient (Wildman–Crippen LogP) is 3.08. The number of hydrogen-bond acceptors (Lipinski definition) is 2. The van der Waals surface area contributed by atoms with Crippen LogP contribution in [0.15, 0.2) is 30.3 Å². The maximum Gasteiger partial charge on any atom is 0.378 e. The summed E-state index contributed by atoms with van der Waals surface area (Å²) in [4.78, 5) is 19.8. The Morgan fingerprint density at radius 2 is 1.76 bits per heavy atom. The molecule has 0 saturated carbocycles. The molecule has 0 aliphatic carbocycles. The van der Waals surface area contributed by atoms with E-state index >= 15 is 0 Å². The van der Waals surface area contributed by atoms with Gasteiger partial charge in [-0.1, -0.05) is 50.3 Å². The Balaban J connectivity index is 2.47. The van der Waals surface area contributed by atoms with Crippen molar-refractivity contribution in [2.45, 2.75) is 39.0 Å². The molecule has 17 heavy (non-hydrogen) atoms. The first kappa shape index (κ1) is 14.2. The third-order valence-electron chi connectivity index (χ3n) is 2.51. The molecule has 0 heterocycles. The van der Waals surface area contributed by atoms with Crippen molar-refractivity contribution in [1.29, 1.82) is 0 Å². The second-order valence-corrected chi connectivity index (χ2v) is 5.98. The van der Waals surface area contributed by atoms with E-state index in [1.54, 1.807) is 24.3 Å². The van der Waals surface area contributed by atoms with Crippen LogP contribution in [0.4, 0.5) is 0 Å². The van der Waals surface area contributed by atoms with Crippen LogP contribution in [-0.4, -0.2) is 9.79 Å². The monoisotopic (exact) mass is 251 g/mol. The maximum atomic E-state index is 9.88. The Bertz CT molecular complexity index is 376. The van der Waals surface area contributed by atoms with E-state index in [9.17, 15) is 9.79 Å². The van der Waals surface area contributed by atoms with E-state index in [1.807, 2.05) is 6.07 Å². The molecule has 0 fully saturated rings. The molecule has 2 nitrogen and oxygen atoms in total. The van der Waals surface area contributed by atoms with Crippen LogP contribution in [0.2, 0.25) is 0 Å². The van der Waals surface area contributed by atoms with Crippen LogP contribution >= 0.6 is 7.72 Å². The lowest BCUT2D eigenvalue weighted by Crippen LogP contribution is -2.07. The first-order valence-electron chi connectivity index (χ1n) is 6.07. The molecule has 0 aliphatic heterocycles. The highest BCUT2D eigenvalue weighted by atomic mass is 31.2. The molecule has 3 heteroatoms. The van der Waals surface area contributed by atoms with Crippen LogP contribution in [0.5, 0.6) is 0 Å². The lowest BCUT2D eigenvalue weighted by Gasteiger charge is -2.02. The first-order valence-corrected chi connectivity index (χ1v) is 7.76. The van der Waals surface area contributed by atoms with E-state index < -0.39 is 7.72 Å². The van der Waals surface area contributed by atoms with Gasteiger partial charge in [0.2, 0.25) is 0 Å². The van der Waals surface area contributed by atoms with Crippen LogP contribution in [0.3, 0.4) is 0 Å². The lowest BCUT2D eigenvalue weighted by molar-refractivity contribution is 0.481. The summed E-state index contributed by atoms with van der Waals surface area (Å²) in [6.07, 6.45) is 5.37. The SMILES string of the molecule is CCCCCCC#C[P+](O)(O)c1ccccc1.